The summed E-state index contributed by atoms with van der Waals surface area (Å²) < 4.78 is 21.7. The molecule has 1 heterocycles. The Hall–Kier alpha value is -0.933. The van der Waals surface area contributed by atoms with Crippen molar-refractivity contribution in [1.82, 2.24) is 4.90 Å². The van der Waals surface area contributed by atoms with Gasteiger partial charge in [-0.2, -0.15) is 0 Å². The van der Waals surface area contributed by atoms with Crippen LogP contribution in [0.2, 0.25) is 18.1 Å². The van der Waals surface area contributed by atoms with E-state index in [0.717, 1.165) is 6.42 Å². The number of piperidine rings is 1. The highest BCUT2D eigenvalue weighted by Gasteiger charge is 2.43. The van der Waals surface area contributed by atoms with Crippen LogP contribution < -0.4 is 0 Å². The van der Waals surface area contributed by atoms with Gasteiger partial charge in [-0.05, 0) is 45.3 Å². The van der Waals surface area contributed by atoms with E-state index in [-0.39, 0.29) is 28.4 Å². The molecule has 0 spiro atoms. The van der Waals surface area contributed by atoms with Gasteiger partial charge in [-0.25, -0.2) is 9.59 Å². The molecule has 1 aliphatic rings. The van der Waals surface area contributed by atoms with E-state index in [2.05, 4.69) is 38.6 Å². The molecule has 164 valence electrons. The van der Waals surface area contributed by atoms with Gasteiger partial charge in [-0.3, -0.25) is 0 Å². The molecule has 0 aromatic heterocycles. The van der Waals surface area contributed by atoms with Crippen LogP contribution in [0.25, 0.3) is 0 Å². The van der Waals surface area contributed by atoms with Gasteiger partial charge < -0.3 is 23.5 Å². The summed E-state index contributed by atoms with van der Waals surface area (Å²) in [6.45, 7) is 17.6. The Kier molecular flexibility index (Phi) is 8.71. The van der Waals surface area contributed by atoms with E-state index >= 15 is 0 Å². The SMILES string of the molecule is COC(=O)OCSC1CCN(C(=O)OC(C)(C)C)CC1O[Si](C)(C)C(C)(C)C. The van der Waals surface area contributed by atoms with Gasteiger partial charge in [0.15, 0.2) is 8.32 Å². The van der Waals surface area contributed by atoms with Crippen molar-refractivity contribution in [3.63, 3.8) is 0 Å². The van der Waals surface area contributed by atoms with Crippen molar-refractivity contribution >= 4 is 32.3 Å². The third-order valence-electron chi connectivity index (χ3n) is 5.03. The zero-order valence-electron chi connectivity index (χ0n) is 18.8. The van der Waals surface area contributed by atoms with Gasteiger partial charge in [0.05, 0.1) is 19.8 Å². The van der Waals surface area contributed by atoms with E-state index < -0.39 is 20.1 Å². The molecule has 0 aromatic carbocycles. The van der Waals surface area contributed by atoms with Crippen LogP contribution in [-0.4, -0.2) is 68.6 Å². The number of hydrogen-bond acceptors (Lipinski definition) is 7. The normalized spacial score (nSPS) is 21.2. The van der Waals surface area contributed by atoms with Crippen LogP contribution in [0, 0.1) is 0 Å². The molecule has 2 atom stereocenters. The van der Waals surface area contributed by atoms with Crippen LogP contribution in [0.4, 0.5) is 9.59 Å². The number of rotatable bonds is 5. The van der Waals surface area contributed by atoms with E-state index in [1.165, 1.54) is 18.9 Å². The molecule has 0 aromatic rings. The summed E-state index contributed by atoms with van der Waals surface area (Å²) in [5, 5.41) is 0.177. The zero-order valence-corrected chi connectivity index (χ0v) is 20.6. The van der Waals surface area contributed by atoms with Gasteiger partial charge in [0, 0.05) is 11.8 Å². The van der Waals surface area contributed by atoms with Crippen molar-refractivity contribution in [2.24, 2.45) is 0 Å². The number of amides is 1. The Morgan fingerprint density at radius 3 is 2.25 bits per heavy atom. The average molecular weight is 436 g/mol. The lowest BCUT2D eigenvalue weighted by Crippen LogP contribution is -2.55. The van der Waals surface area contributed by atoms with E-state index in [0.29, 0.717) is 13.1 Å². The van der Waals surface area contributed by atoms with Gasteiger partial charge in [0.25, 0.3) is 0 Å². The Morgan fingerprint density at radius 2 is 1.75 bits per heavy atom. The van der Waals surface area contributed by atoms with E-state index in [1.807, 2.05) is 20.8 Å². The molecule has 0 radical (unpaired) electrons. The minimum Gasteiger partial charge on any atom is -0.444 e. The number of thioether (sulfide) groups is 1. The Labute approximate surface area is 174 Å². The molecule has 1 amide bonds. The van der Waals surface area contributed by atoms with Gasteiger partial charge in [0.2, 0.25) is 0 Å². The number of hydrogen-bond donors (Lipinski definition) is 0. The minimum atomic E-state index is -2.04. The molecule has 0 aliphatic carbocycles. The van der Waals surface area contributed by atoms with Crippen molar-refractivity contribution < 1.29 is 28.2 Å². The van der Waals surface area contributed by atoms with Crippen molar-refractivity contribution in [3.05, 3.63) is 0 Å². The van der Waals surface area contributed by atoms with Crippen molar-refractivity contribution in [2.75, 3.05) is 26.1 Å². The molecule has 0 saturated carbocycles. The molecule has 1 saturated heterocycles. The first kappa shape index (κ1) is 25.1. The van der Waals surface area contributed by atoms with Crippen LogP contribution in [0.15, 0.2) is 0 Å². The third kappa shape index (κ3) is 7.83. The maximum atomic E-state index is 12.5. The van der Waals surface area contributed by atoms with Gasteiger partial charge >= 0.3 is 12.2 Å². The average Bonchev–Trinajstić information content (AvgIpc) is 2.52. The highest BCUT2D eigenvalue weighted by Crippen LogP contribution is 2.39. The summed E-state index contributed by atoms with van der Waals surface area (Å²) in [6.07, 6.45) is -0.409. The van der Waals surface area contributed by atoms with Crippen LogP contribution >= 0.6 is 11.8 Å². The standard InChI is InChI=1S/C19H37NO6SSi/c1-18(2,3)25-16(21)20-11-10-15(27-13-24-17(22)23-7)14(12-20)26-28(8,9)19(4,5)6/h14-15H,10-13H2,1-9H3. The molecule has 9 heteroatoms. The number of nitrogens with zero attached hydrogens (tertiary/aromatic N) is 1. The summed E-state index contributed by atoms with van der Waals surface area (Å²) in [5.41, 5.74) is -0.535. The largest absolute Gasteiger partial charge is 0.508 e. The number of likely N-dealkylation sites (tertiary alicyclic amines) is 1. The quantitative estimate of drug-likeness (QED) is 0.347. The Bertz CT molecular complexity index is 544. The second kappa shape index (κ2) is 9.71. The molecule has 1 aliphatic heterocycles. The van der Waals surface area contributed by atoms with Gasteiger partial charge in [-0.1, -0.05) is 20.8 Å². The smallest absolute Gasteiger partial charge is 0.444 e. The number of ether oxygens (including phenoxy) is 3. The number of carbonyl (C=O) groups is 2. The lowest BCUT2D eigenvalue weighted by Gasteiger charge is -2.45. The molecule has 7 nitrogen and oxygen atoms in total. The van der Waals surface area contributed by atoms with E-state index in [4.69, 9.17) is 13.9 Å². The van der Waals surface area contributed by atoms with Crippen LogP contribution in [-0.2, 0) is 18.6 Å². The molecule has 2 unspecified atom stereocenters. The maximum Gasteiger partial charge on any atom is 0.508 e. The first-order valence-electron chi connectivity index (χ1n) is 9.64. The second-order valence-electron chi connectivity index (χ2n) is 9.55. The minimum absolute atomic E-state index is 0.0545. The molecular formula is C19H37NO6SSi. The molecule has 1 fully saturated rings. The lowest BCUT2D eigenvalue weighted by molar-refractivity contribution is 0.00715. The van der Waals surface area contributed by atoms with Crippen LogP contribution in [0.3, 0.4) is 0 Å². The van der Waals surface area contributed by atoms with Gasteiger partial charge in [0.1, 0.15) is 11.5 Å². The fourth-order valence-electron chi connectivity index (χ4n) is 2.47. The summed E-state index contributed by atoms with van der Waals surface area (Å²) in [5.74, 6) is 0.196. The Balaban J connectivity index is 2.86. The highest BCUT2D eigenvalue weighted by molar-refractivity contribution is 7.99. The highest BCUT2D eigenvalue weighted by atomic mass is 32.2. The number of carbonyl (C=O) groups excluding carboxylic acids is 2. The first-order valence-corrected chi connectivity index (χ1v) is 13.6. The van der Waals surface area contributed by atoms with Gasteiger partial charge in [-0.15, -0.1) is 11.8 Å². The number of methoxy groups -OCH3 is 1. The predicted octanol–water partition coefficient (Wildman–Crippen LogP) is 4.86. The van der Waals surface area contributed by atoms with Crippen molar-refractivity contribution in [3.8, 4) is 0 Å². The summed E-state index contributed by atoms with van der Waals surface area (Å²) in [7, 11) is -0.750. The molecule has 0 N–H and O–H groups in total. The fourth-order valence-corrected chi connectivity index (χ4v) is 4.89. The van der Waals surface area contributed by atoms with Crippen molar-refractivity contribution in [2.45, 2.75) is 83.1 Å². The topological polar surface area (TPSA) is 74.3 Å². The van der Waals surface area contributed by atoms with E-state index in [1.54, 1.807) is 4.90 Å². The molecule has 28 heavy (non-hydrogen) atoms. The molecule has 1 rings (SSSR count). The maximum absolute atomic E-state index is 12.5. The first-order chi connectivity index (χ1) is 12.7. The van der Waals surface area contributed by atoms with Crippen LogP contribution in [0.5, 0.6) is 0 Å². The Morgan fingerprint density at radius 1 is 1.14 bits per heavy atom. The molecular weight excluding hydrogens is 398 g/mol. The lowest BCUT2D eigenvalue weighted by atomic mass is 10.1. The summed E-state index contributed by atoms with van der Waals surface area (Å²) in [4.78, 5) is 25.5. The van der Waals surface area contributed by atoms with E-state index in [9.17, 15) is 9.59 Å². The third-order valence-corrected chi connectivity index (χ3v) is 10.8. The second-order valence-corrected chi connectivity index (χ2v) is 15.5. The summed E-state index contributed by atoms with van der Waals surface area (Å²) in [6, 6.07) is 0. The fraction of sp³-hybridized carbons (Fsp3) is 0.895. The monoisotopic (exact) mass is 435 g/mol. The van der Waals surface area contributed by atoms with Crippen LogP contribution in [0.1, 0.15) is 48.0 Å². The predicted molar refractivity (Wildman–Crippen MR) is 114 cm³/mol. The molecule has 0 bridgehead atoms. The van der Waals surface area contributed by atoms with Crippen molar-refractivity contribution in [1.29, 1.82) is 0 Å². The summed E-state index contributed by atoms with van der Waals surface area (Å²) >= 11 is 1.52. The zero-order chi connectivity index (χ0) is 21.8.